The molecule has 1 fully saturated rings. The SMILES string of the molecule is Nc1nc2c(-c3ccc(S(=O)(=O)NCC4CCNC4)c(S(N)(=O)=O)c3-c3nn[nH]n3)cccc2[nH]1. The minimum atomic E-state index is -4.60. The summed E-state index contributed by atoms with van der Waals surface area (Å²) in [7, 11) is -8.87. The quantitative estimate of drug-likeness (QED) is 0.184. The number of imidazole rings is 1. The van der Waals surface area contributed by atoms with Crippen molar-refractivity contribution in [2.45, 2.75) is 16.2 Å². The second-order valence-electron chi connectivity index (χ2n) is 8.13. The molecule has 5 rings (SSSR count). The number of nitrogens with one attached hydrogen (secondary N) is 4. The Kier molecular flexibility index (Phi) is 5.76. The van der Waals surface area contributed by atoms with Gasteiger partial charge in [0.2, 0.25) is 25.9 Å². The molecule has 1 unspecified atom stereocenters. The molecule has 14 nitrogen and oxygen atoms in total. The van der Waals surface area contributed by atoms with Gasteiger partial charge in [-0.25, -0.2) is 31.7 Å². The number of fused-ring (bicyclic) bond motifs is 1. The van der Waals surface area contributed by atoms with Crippen LogP contribution in [0.4, 0.5) is 5.95 Å². The number of aromatic amines is 2. The summed E-state index contributed by atoms with van der Waals surface area (Å²) in [6, 6.07) is 7.81. The van der Waals surface area contributed by atoms with Crippen molar-refractivity contribution in [3.8, 4) is 22.5 Å². The first kappa shape index (κ1) is 23.3. The van der Waals surface area contributed by atoms with Crippen LogP contribution < -0.4 is 20.9 Å². The molecule has 16 heteroatoms. The number of H-pyrrole nitrogens is 2. The first-order valence-corrected chi connectivity index (χ1v) is 13.6. The zero-order chi connectivity index (χ0) is 24.8. The number of benzene rings is 2. The molecule has 0 spiro atoms. The lowest BCUT2D eigenvalue weighted by Crippen LogP contribution is -2.32. The van der Waals surface area contributed by atoms with Crippen LogP contribution in [0, 0.1) is 5.92 Å². The molecule has 35 heavy (non-hydrogen) atoms. The van der Waals surface area contributed by atoms with Crippen molar-refractivity contribution in [1.29, 1.82) is 0 Å². The van der Waals surface area contributed by atoms with Crippen molar-refractivity contribution in [1.82, 2.24) is 40.6 Å². The second kappa shape index (κ2) is 8.65. The van der Waals surface area contributed by atoms with Crippen LogP contribution in [0.5, 0.6) is 0 Å². The highest BCUT2D eigenvalue weighted by atomic mass is 32.2. The zero-order valence-corrected chi connectivity index (χ0v) is 19.8. The molecular formula is C19H22N10O4S2. The number of primary sulfonamides is 1. The fraction of sp³-hybridized carbons (Fsp3) is 0.263. The topological polar surface area (TPSA) is 228 Å². The highest BCUT2D eigenvalue weighted by Gasteiger charge is 2.33. The van der Waals surface area contributed by atoms with Crippen molar-refractivity contribution in [2.24, 2.45) is 11.1 Å². The number of tetrazole rings is 1. The van der Waals surface area contributed by atoms with Crippen LogP contribution >= 0.6 is 0 Å². The van der Waals surface area contributed by atoms with Gasteiger partial charge < -0.3 is 16.0 Å². The van der Waals surface area contributed by atoms with E-state index in [0.29, 0.717) is 23.1 Å². The smallest absolute Gasteiger partial charge is 0.241 e. The maximum atomic E-state index is 13.3. The molecule has 0 aliphatic carbocycles. The van der Waals surface area contributed by atoms with Crippen LogP contribution in [0.15, 0.2) is 40.1 Å². The van der Waals surface area contributed by atoms with Gasteiger partial charge in [0, 0.05) is 12.1 Å². The number of nitrogens with zero attached hydrogens (tertiary/aromatic N) is 4. The molecule has 2 aromatic heterocycles. The Hall–Kier alpha value is -3.44. The molecule has 3 heterocycles. The fourth-order valence-corrected chi connectivity index (χ4v) is 6.95. The van der Waals surface area contributed by atoms with Crippen LogP contribution in [0.1, 0.15) is 6.42 Å². The lowest BCUT2D eigenvalue weighted by molar-refractivity contribution is 0.536. The van der Waals surface area contributed by atoms with Gasteiger partial charge in [-0.1, -0.05) is 18.2 Å². The number of hydrogen-bond donors (Lipinski definition) is 6. The maximum Gasteiger partial charge on any atom is 0.241 e. The number of anilines is 1. The summed E-state index contributed by atoms with van der Waals surface area (Å²) < 4.78 is 54.8. The third kappa shape index (κ3) is 4.37. The molecule has 0 saturated carbocycles. The van der Waals surface area contributed by atoms with Crippen LogP contribution in [-0.2, 0) is 20.0 Å². The predicted molar refractivity (Wildman–Crippen MR) is 127 cm³/mol. The number of sulfonamides is 2. The average Bonchev–Trinajstić information content (AvgIpc) is 3.57. The number of aromatic nitrogens is 6. The summed E-state index contributed by atoms with van der Waals surface area (Å²) in [4.78, 5) is 6.04. The Balaban J connectivity index is 1.76. The Morgan fingerprint density at radius 3 is 2.63 bits per heavy atom. The standard InChI is InChI=1S/C19H22N10O4S2/c20-19-24-13-3-1-2-12(16(13)25-19)11-4-5-14(35(32,33)23-9-10-6-7-22-8-10)17(34(21,30)31)15(11)18-26-28-29-27-18/h1-5,10,22-23H,6-9H2,(H3,20,24,25)(H2,21,30,31)(H,26,27,28,29). The minimum absolute atomic E-state index is 0.0846. The van der Waals surface area contributed by atoms with Crippen molar-refractivity contribution >= 4 is 37.0 Å². The minimum Gasteiger partial charge on any atom is -0.369 e. The van der Waals surface area contributed by atoms with Crippen molar-refractivity contribution in [3.05, 3.63) is 30.3 Å². The normalized spacial score (nSPS) is 16.8. The second-order valence-corrected chi connectivity index (χ2v) is 11.4. The summed E-state index contributed by atoms with van der Waals surface area (Å²) in [5, 5.41) is 22.4. The first-order chi connectivity index (χ1) is 16.6. The molecule has 1 atom stereocenters. The maximum absolute atomic E-state index is 13.3. The van der Waals surface area contributed by atoms with E-state index in [2.05, 4.69) is 40.6 Å². The Morgan fingerprint density at radius 1 is 1.11 bits per heavy atom. The molecular weight excluding hydrogens is 496 g/mol. The van der Waals surface area contributed by atoms with Gasteiger partial charge in [-0.15, -0.1) is 10.2 Å². The van der Waals surface area contributed by atoms with E-state index in [1.165, 1.54) is 12.1 Å². The molecule has 8 N–H and O–H groups in total. The molecule has 0 radical (unpaired) electrons. The van der Waals surface area contributed by atoms with Gasteiger partial charge in [0.1, 0.15) is 9.79 Å². The fourth-order valence-electron chi connectivity index (χ4n) is 4.23. The van der Waals surface area contributed by atoms with Gasteiger partial charge in [0.05, 0.1) is 16.6 Å². The Morgan fingerprint density at radius 2 is 1.94 bits per heavy atom. The van der Waals surface area contributed by atoms with Crippen LogP contribution in [0.2, 0.25) is 0 Å². The van der Waals surface area contributed by atoms with Crippen LogP contribution in [-0.4, -0.2) is 67.1 Å². The van der Waals surface area contributed by atoms with Crippen LogP contribution in [0.25, 0.3) is 33.5 Å². The molecule has 0 bridgehead atoms. The van der Waals surface area contributed by atoms with Gasteiger partial charge >= 0.3 is 0 Å². The molecule has 1 saturated heterocycles. The van der Waals surface area contributed by atoms with Gasteiger partial charge in [-0.3, -0.25) is 0 Å². The average molecular weight is 519 g/mol. The lowest BCUT2D eigenvalue weighted by Gasteiger charge is -2.17. The van der Waals surface area contributed by atoms with Crippen LogP contribution in [0.3, 0.4) is 0 Å². The molecule has 4 aromatic rings. The summed E-state index contributed by atoms with van der Waals surface area (Å²) in [6.45, 7) is 1.59. The molecule has 2 aromatic carbocycles. The lowest BCUT2D eigenvalue weighted by atomic mass is 9.98. The van der Waals surface area contributed by atoms with E-state index in [9.17, 15) is 16.8 Å². The summed E-state index contributed by atoms with van der Waals surface area (Å²) in [5.41, 5.74) is 7.49. The number of hydrogen-bond acceptors (Lipinski definition) is 10. The first-order valence-electron chi connectivity index (χ1n) is 10.5. The number of nitrogens with two attached hydrogens (primary N) is 2. The highest BCUT2D eigenvalue weighted by molar-refractivity contribution is 7.92. The number of nitrogen functional groups attached to an aromatic ring is 1. The third-order valence-electron chi connectivity index (χ3n) is 5.81. The van der Waals surface area contributed by atoms with Crippen molar-refractivity contribution in [3.63, 3.8) is 0 Å². The monoisotopic (exact) mass is 518 g/mol. The largest absolute Gasteiger partial charge is 0.369 e. The molecule has 1 aliphatic heterocycles. The van der Waals surface area contributed by atoms with Crippen molar-refractivity contribution < 1.29 is 16.8 Å². The summed E-state index contributed by atoms with van der Waals surface area (Å²) in [5.74, 6) is 0.0907. The van der Waals surface area contributed by atoms with Gasteiger partial charge in [0.15, 0.2) is 5.95 Å². The van der Waals surface area contributed by atoms with E-state index in [1.54, 1.807) is 18.2 Å². The molecule has 1 aliphatic rings. The highest BCUT2D eigenvalue weighted by Crippen LogP contribution is 2.40. The van der Waals surface area contributed by atoms with Gasteiger partial charge in [-0.2, -0.15) is 5.21 Å². The predicted octanol–water partition coefficient (Wildman–Crippen LogP) is -0.473. The van der Waals surface area contributed by atoms with Gasteiger partial charge in [0.25, 0.3) is 0 Å². The number of para-hydroxylation sites is 1. The van der Waals surface area contributed by atoms with E-state index in [4.69, 9.17) is 10.9 Å². The number of rotatable bonds is 7. The Bertz CT molecular complexity index is 1610. The van der Waals surface area contributed by atoms with E-state index < -0.39 is 29.8 Å². The van der Waals surface area contributed by atoms with E-state index in [0.717, 1.165) is 13.0 Å². The zero-order valence-electron chi connectivity index (χ0n) is 18.2. The molecule has 184 valence electrons. The Labute approximate surface area is 200 Å². The summed E-state index contributed by atoms with van der Waals surface area (Å²) in [6.07, 6.45) is 0.800. The van der Waals surface area contributed by atoms with Gasteiger partial charge in [-0.05, 0) is 48.3 Å². The third-order valence-corrected chi connectivity index (χ3v) is 8.40. The molecule has 0 amide bonds. The van der Waals surface area contributed by atoms with E-state index >= 15 is 0 Å². The van der Waals surface area contributed by atoms with E-state index in [1.807, 2.05) is 0 Å². The van der Waals surface area contributed by atoms with E-state index in [-0.39, 0.29) is 35.4 Å². The van der Waals surface area contributed by atoms with Crippen molar-refractivity contribution in [2.75, 3.05) is 25.4 Å². The summed E-state index contributed by atoms with van der Waals surface area (Å²) >= 11 is 0.